The molecule has 0 unspecified atom stereocenters. The van der Waals surface area contributed by atoms with Gasteiger partial charge in [0.2, 0.25) is 5.95 Å². The molecule has 0 radical (unpaired) electrons. The van der Waals surface area contributed by atoms with Crippen molar-refractivity contribution in [1.82, 2.24) is 14.9 Å². The molecule has 6 heteroatoms. The summed E-state index contributed by atoms with van der Waals surface area (Å²) < 4.78 is 0. The number of nitrogens with zero attached hydrogens (tertiary/aromatic N) is 3. The molecule has 1 aromatic carbocycles. The number of aromatic nitrogens is 2. The van der Waals surface area contributed by atoms with Gasteiger partial charge in [-0.15, -0.1) is 0 Å². The number of likely N-dealkylation sites (tertiary alicyclic amines) is 1. The van der Waals surface area contributed by atoms with Crippen LogP contribution < -0.4 is 5.32 Å². The predicted octanol–water partition coefficient (Wildman–Crippen LogP) is 2.60. The van der Waals surface area contributed by atoms with Crippen molar-refractivity contribution in [1.29, 1.82) is 0 Å². The van der Waals surface area contributed by atoms with Gasteiger partial charge in [-0.25, -0.2) is 9.97 Å². The summed E-state index contributed by atoms with van der Waals surface area (Å²) in [4.78, 5) is 22.5. The first kappa shape index (κ1) is 17.4. The summed E-state index contributed by atoms with van der Waals surface area (Å²) in [6, 6.07) is 9.92. The molecule has 1 saturated heterocycles. The molecule has 1 aromatic heterocycles. The average molecular weight is 340 g/mol. The van der Waals surface area contributed by atoms with E-state index in [9.17, 15) is 9.90 Å². The lowest BCUT2D eigenvalue weighted by molar-refractivity contribution is -0.141. The van der Waals surface area contributed by atoms with Gasteiger partial charge in [0.1, 0.15) is 0 Å². The fourth-order valence-corrected chi connectivity index (χ4v) is 3.33. The molecule has 1 fully saturated rings. The first-order chi connectivity index (χ1) is 12.2. The van der Waals surface area contributed by atoms with E-state index in [0.29, 0.717) is 19.0 Å². The summed E-state index contributed by atoms with van der Waals surface area (Å²) >= 11 is 0. The van der Waals surface area contributed by atoms with Gasteiger partial charge >= 0.3 is 5.97 Å². The summed E-state index contributed by atoms with van der Waals surface area (Å²) in [7, 11) is 0. The molecule has 2 N–H and O–H groups in total. The van der Waals surface area contributed by atoms with E-state index in [4.69, 9.17) is 0 Å². The largest absolute Gasteiger partial charge is 0.481 e. The highest BCUT2D eigenvalue weighted by Gasteiger charge is 2.38. The normalized spacial score (nSPS) is 20.5. The third-order valence-corrected chi connectivity index (χ3v) is 4.59. The number of carboxylic acid groups (broad SMARTS) is 1. The summed E-state index contributed by atoms with van der Waals surface area (Å²) in [5, 5.41) is 12.7. The minimum absolute atomic E-state index is 0.0186. The smallest absolute Gasteiger partial charge is 0.308 e. The number of aliphatic carboxylic acids is 1. The van der Waals surface area contributed by atoms with Gasteiger partial charge in [0, 0.05) is 50.1 Å². The van der Waals surface area contributed by atoms with E-state index in [1.165, 1.54) is 0 Å². The standard InChI is InChI=1S/C19H24N4O2/c1-2-8-20-19-21-9-14(10-22-19)11-23-12-16(17(13-23)18(24)25)15-6-4-3-5-7-15/h3-7,9-10,16-17H,2,8,11-13H2,1H3,(H,24,25)(H,20,21,22)/t16-,17+/m0/s1. The van der Waals surface area contributed by atoms with Crippen LogP contribution in [0.1, 0.15) is 30.4 Å². The van der Waals surface area contributed by atoms with Crippen LogP contribution in [0.5, 0.6) is 0 Å². The number of rotatable bonds is 7. The van der Waals surface area contributed by atoms with Gasteiger partial charge in [-0.2, -0.15) is 0 Å². The number of carboxylic acids is 1. The van der Waals surface area contributed by atoms with E-state index in [0.717, 1.165) is 30.6 Å². The van der Waals surface area contributed by atoms with Crippen LogP contribution in [0, 0.1) is 5.92 Å². The molecule has 0 amide bonds. The average Bonchev–Trinajstić information content (AvgIpc) is 3.06. The van der Waals surface area contributed by atoms with E-state index < -0.39 is 5.97 Å². The zero-order valence-corrected chi connectivity index (χ0v) is 14.4. The van der Waals surface area contributed by atoms with Crippen LogP contribution in [0.3, 0.4) is 0 Å². The highest BCUT2D eigenvalue weighted by molar-refractivity contribution is 5.72. The van der Waals surface area contributed by atoms with Crippen molar-refractivity contribution in [2.24, 2.45) is 5.92 Å². The van der Waals surface area contributed by atoms with Gasteiger partial charge < -0.3 is 10.4 Å². The molecule has 1 aliphatic rings. The molecular weight excluding hydrogens is 316 g/mol. The van der Waals surface area contributed by atoms with Crippen LogP contribution >= 0.6 is 0 Å². The number of hydrogen-bond acceptors (Lipinski definition) is 5. The molecule has 0 spiro atoms. The quantitative estimate of drug-likeness (QED) is 0.807. The zero-order valence-electron chi connectivity index (χ0n) is 14.4. The number of anilines is 1. The monoisotopic (exact) mass is 340 g/mol. The van der Waals surface area contributed by atoms with Crippen LogP contribution in [0.4, 0.5) is 5.95 Å². The van der Waals surface area contributed by atoms with Gasteiger partial charge in [0.25, 0.3) is 0 Å². The molecule has 25 heavy (non-hydrogen) atoms. The Kier molecular flexibility index (Phi) is 5.60. The maximum Gasteiger partial charge on any atom is 0.308 e. The van der Waals surface area contributed by atoms with Crippen molar-refractivity contribution in [3.05, 3.63) is 53.9 Å². The number of nitrogens with one attached hydrogen (secondary N) is 1. The molecule has 2 atom stereocenters. The Hall–Kier alpha value is -2.47. The second kappa shape index (κ2) is 8.07. The van der Waals surface area contributed by atoms with E-state index in [1.54, 1.807) is 0 Å². The van der Waals surface area contributed by atoms with Crippen LogP contribution in [0.2, 0.25) is 0 Å². The first-order valence-electron chi connectivity index (χ1n) is 8.72. The van der Waals surface area contributed by atoms with Crippen molar-refractivity contribution in [3.63, 3.8) is 0 Å². The number of hydrogen-bond donors (Lipinski definition) is 2. The lowest BCUT2D eigenvalue weighted by atomic mass is 9.89. The predicted molar refractivity (Wildman–Crippen MR) is 96.4 cm³/mol. The fourth-order valence-electron chi connectivity index (χ4n) is 3.33. The first-order valence-corrected chi connectivity index (χ1v) is 8.72. The Labute approximate surface area is 147 Å². The van der Waals surface area contributed by atoms with E-state index in [1.807, 2.05) is 42.7 Å². The Bertz CT molecular complexity index is 690. The molecule has 6 nitrogen and oxygen atoms in total. The van der Waals surface area contributed by atoms with Crippen molar-refractivity contribution in [3.8, 4) is 0 Å². The van der Waals surface area contributed by atoms with Crippen molar-refractivity contribution < 1.29 is 9.90 Å². The van der Waals surface area contributed by atoms with Crippen LogP contribution in [-0.2, 0) is 11.3 Å². The Morgan fingerprint density at radius 2 is 1.96 bits per heavy atom. The van der Waals surface area contributed by atoms with Crippen molar-refractivity contribution in [2.75, 3.05) is 25.0 Å². The Morgan fingerprint density at radius 3 is 2.60 bits per heavy atom. The SMILES string of the molecule is CCCNc1ncc(CN2C[C@@H](C(=O)O)[C@H](c3ccccc3)C2)cn1. The van der Waals surface area contributed by atoms with E-state index in [-0.39, 0.29) is 11.8 Å². The van der Waals surface area contributed by atoms with E-state index in [2.05, 4.69) is 27.1 Å². The van der Waals surface area contributed by atoms with Crippen molar-refractivity contribution in [2.45, 2.75) is 25.8 Å². The molecule has 0 bridgehead atoms. The third kappa shape index (κ3) is 4.33. The molecule has 132 valence electrons. The molecule has 0 aliphatic carbocycles. The third-order valence-electron chi connectivity index (χ3n) is 4.59. The van der Waals surface area contributed by atoms with Gasteiger partial charge in [-0.05, 0) is 12.0 Å². The van der Waals surface area contributed by atoms with Crippen molar-refractivity contribution >= 4 is 11.9 Å². The maximum absolute atomic E-state index is 11.7. The molecule has 3 rings (SSSR count). The second-order valence-electron chi connectivity index (χ2n) is 6.50. The van der Waals surface area contributed by atoms with E-state index >= 15 is 0 Å². The molecule has 0 saturated carbocycles. The lowest BCUT2D eigenvalue weighted by Gasteiger charge is -2.16. The number of benzene rings is 1. The van der Waals surface area contributed by atoms with Crippen LogP contribution in [0.25, 0.3) is 0 Å². The van der Waals surface area contributed by atoms with Gasteiger partial charge in [0.15, 0.2) is 0 Å². The summed E-state index contributed by atoms with van der Waals surface area (Å²) in [5.74, 6) is -0.455. The second-order valence-corrected chi connectivity index (χ2v) is 6.50. The molecule has 1 aliphatic heterocycles. The summed E-state index contributed by atoms with van der Waals surface area (Å²) in [6.07, 6.45) is 4.66. The number of carbonyl (C=O) groups is 1. The minimum atomic E-state index is -0.730. The minimum Gasteiger partial charge on any atom is -0.481 e. The maximum atomic E-state index is 11.7. The topological polar surface area (TPSA) is 78.4 Å². The zero-order chi connectivity index (χ0) is 17.6. The van der Waals surface area contributed by atoms with Gasteiger partial charge in [-0.1, -0.05) is 37.3 Å². The van der Waals surface area contributed by atoms with Gasteiger partial charge in [-0.3, -0.25) is 9.69 Å². The molecular formula is C19H24N4O2. The molecule has 2 heterocycles. The fraction of sp³-hybridized carbons (Fsp3) is 0.421. The summed E-state index contributed by atoms with van der Waals surface area (Å²) in [6.45, 7) is 4.89. The molecule has 2 aromatic rings. The highest BCUT2D eigenvalue weighted by atomic mass is 16.4. The highest BCUT2D eigenvalue weighted by Crippen LogP contribution is 2.33. The lowest BCUT2D eigenvalue weighted by Crippen LogP contribution is -2.23. The Morgan fingerprint density at radius 1 is 1.24 bits per heavy atom. The summed E-state index contributed by atoms with van der Waals surface area (Å²) in [5.41, 5.74) is 2.09. The van der Waals surface area contributed by atoms with Gasteiger partial charge in [0.05, 0.1) is 5.92 Å². The van der Waals surface area contributed by atoms with Crippen LogP contribution in [0.15, 0.2) is 42.7 Å². The van der Waals surface area contributed by atoms with Crippen LogP contribution in [-0.4, -0.2) is 45.6 Å². The Balaban J connectivity index is 1.66.